The van der Waals surface area contributed by atoms with E-state index in [0.717, 1.165) is 59.6 Å². The Hall–Kier alpha value is -3.06. The van der Waals surface area contributed by atoms with E-state index in [0.29, 0.717) is 6.54 Å². The van der Waals surface area contributed by atoms with Crippen molar-refractivity contribution in [3.63, 3.8) is 0 Å². The minimum Gasteiger partial charge on any atom is -0.354 e. The zero-order valence-corrected chi connectivity index (χ0v) is 15.3. The van der Waals surface area contributed by atoms with E-state index >= 15 is 0 Å². The maximum absolute atomic E-state index is 4.88. The fraction of sp³-hybridized carbons (Fsp3) is 0.300. The fourth-order valence-corrected chi connectivity index (χ4v) is 3.56. The molecule has 4 aromatic rings. The predicted octanol–water partition coefficient (Wildman–Crippen LogP) is 2.17. The predicted molar refractivity (Wildman–Crippen MR) is 106 cm³/mol. The molecule has 0 spiro atoms. The molecule has 0 atom stereocenters. The Morgan fingerprint density at radius 3 is 2.70 bits per heavy atom. The Morgan fingerprint density at radius 2 is 1.81 bits per heavy atom. The highest BCUT2D eigenvalue weighted by Gasteiger charge is 2.17. The summed E-state index contributed by atoms with van der Waals surface area (Å²) in [6.07, 6.45) is 1.82. The standard InChI is InChI=1S/C20H21N7/c1-25-9-11-26(12-10-25)19-7-6-18-20(22-19)27(24-23-18)14-15-4-5-17-16(13-15)3-2-8-21-17/h2-8,13H,9-12,14H2,1H3. The van der Waals surface area contributed by atoms with Gasteiger partial charge in [-0.15, -0.1) is 5.10 Å². The van der Waals surface area contributed by atoms with Crippen molar-refractivity contribution in [1.29, 1.82) is 0 Å². The lowest BCUT2D eigenvalue weighted by Crippen LogP contribution is -2.44. The molecule has 1 saturated heterocycles. The lowest BCUT2D eigenvalue weighted by Gasteiger charge is -2.33. The molecule has 4 heterocycles. The third kappa shape index (κ3) is 3.10. The summed E-state index contributed by atoms with van der Waals surface area (Å²) in [4.78, 5) is 13.9. The zero-order chi connectivity index (χ0) is 18.2. The molecule has 0 saturated carbocycles. The van der Waals surface area contributed by atoms with E-state index in [9.17, 15) is 0 Å². The van der Waals surface area contributed by atoms with Crippen molar-refractivity contribution in [2.24, 2.45) is 0 Å². The van der Waals surface area contributed by atoms with Crippen LogP contribution in [0.3, 0.4) is 0 Å². The lowest BCUT2D eigenvalue weighted by molar-refractivity contribution is 0.312. The molecule has 1 aromatic carbocycles. The van der Waals surface area contributed by atoms with Crippen molar-refractivity contribution in [3.8, 4) is 0 Å². The molecule has 1 aliphatic rings. The van der Waals surface area contributed by atoms with Crippen molar-refractivity contribution >= 4 is 27.9 Å². The molecular formula is C20H21N7. The van der Waals surface area contributed by atoms with Gasteiger partial charge in [0.15, 0.2) is 5.65 Å². The number of fused-ring (bicyclic) bond motifs is 2. The Bertz CT molecular complexity index is 1100. The summed E-state index contributed by atoms with van der Waals surface area (Å²) >= 11 is 0. The molecule has 136 valence electrons. The summed E-state index contributed by atoms with van der Waals surface area (Å²) in [6.45, 7) is 4.74. The molecule has 27 heavy (non-hydrogen) atoms. The van der Waals surface area contributed by atoms with E-state index in [4.69, 9.17) is 4.98 Å². The van der Waals surface area contributed by atoms with Gasteiger partial charge in [-0.3, -0.25) is 4.98 Å². The van der Waals surface area contributed by atoms with Gasteiger partial charge < -0.3 is 9.80 Å². The van der Waals surface area contributed by atoms with Crippen LogP contribution in [0.1, 0.15) is 5.56 Å². The second-order valence-corrected chi connectivity index (χ2v) is 7.08. The maximum Gasteiger partial charge on any atom is 0.180 e. The van der Waals surface area contributed by atoms with E-state index in [1.165, 1.54) is 0 Å². The molecule has 1 fully saturated rings. The Morgan fingerprint density at radius 1 is 0.963 bits per heavy atom. The van der Waals surface area contributed by atoms with Gasteiger partial charge in [-0.1, -0.05) is 17.3 Å². The van der Waals surface area contributed by atoms with Crippen LogP contribution in [0, 0.1) is 0 Å². The van der Waals surface area contributed by atoms with Crippen molar-refractivity contribution in [2.45, 2.75) is 6.54 Å². The van der Waals surface area contributed by atoms with Crippen molar-refractivity contribution in [3.05, 3.63) is 54.2 Å². The van der Waals surface area contributed by atoms with Crippen LogP contribution in [0.5, 0.6) is 0 Å². The number of hydrogen-bond donors (Lipinski definition) is 0. The van der Waals surface area contributed by atoms with Crippen LogP contribution >= 0.6 is 0 Å². The molecule has 3 aromatic heterocycles. The normalized spacial score (nSPS) is 15.7. The highest BCUT2D eigenvalue weighted by atomic mass is 15.4. The number of likely N-dealkylation sites (N-methyl/N-ethyl adjacent to an activating group) is 1. The third-order valence-corrected chi connectivity index (χ3v) is 5.17. The molecule has 5 rings (SSSR count). The average Bonchev–Trinajstić information content (AvgIpc) is 3.10. The molecule has 0 radical (unpaired) electrons. The summed E-state index contributed by atoms with van der Waals surface area (Å²) < 4.78 is 1.88. The van der Waals surface area contributed by atoms with Crippen molar-refractivity contribution in [2.75, 3.05) is 38.1 Å². The number of aromatic nitrogens is 5. The molecular weight excluding hydrogens is 338 g/mol. The summed E-state index contributed by atoms with van der Waals surface area (Å²) in [7, 11) is 2.16. The van der Waals surface area contributed by atoms with Gasteiger partial charge in [0.1, 0.15) is 11.3 Å². The summed E-state index contributed by atoms with van der Waals surface area (Å²) in [6, 6.07) is 14.4. The molecule has 0 bridgehead atoms. The molecule has 0 aliphatic carbocycles. The number of pyridine rings is 2. The van der Waals surface area contributed by atoms with Crippen LogP contribution in [-0.4, -0.2) is 63.1 Å². The van der Waals surface area contributed by atoms with E-state index in [1.807, 2.05) is 35.1 Å². The first kappa shape index (κ1) is 16.1. The molecule has 0 unspecified atom stereocenters. The van der Waals surface area contributed by atoms with Gasteiger partial charge in [-0.25, -0.2) is 9.67 Å². The largest absolute Gasteiger partial charge is 0.354 e. The molecule has 1 aliphatic heterocycles. The van der Waals surface area contributed by atoms with Crippen LogP contribution < -0.4 is 4.90 Å². The molecule has 7 nitrogen and oxygen atoms in total. The number of nitrogens with zero attached hydrogens (tertiary/aromatic N) is 7. The summed E-state index contributed by atoms with van der Waals surface area (Å²) in [5, 5.41) is 9.75. The highest BCUT2D eigenvalue weighted by Crippen LogP contribution is 2.19. The van der Waals surface area contributed by atoms with E-state index < -0.39 is 0 Å². The number of benzene rings is 1. The molecule has 0 amide bonds. The fourth-order valence-electron chi connectivity index (χ4n) is 3.56. The topological polar surface area (TPSA) is 63.0 Å². The van der Waals surface area contributed by atoms with Crippen LogP contribution in [0.25, 0.3) is 22.1 Å². The van der Waals surface area contributed by atoms with Gasteiger partial charge >= 0.3 is 0 Å². The van der Waals surface area contributed by atoms with Gasteiger partial charge in [0, 0.05) is 37.8 Å². The van der Waals surface area contributed by atoms with Crippen LogP contribution in [0.2, 0.25) is 0 Å². The minimum atomic E-state index is 0.639. The number of rotatable bonds is 3. The summed E-state index contributed by atoms with van der Waals surface area (Å²) in [5.41, 5.74) is 3.82. The maximum atomic E-state index is 4.88. The quantitative estimate of drug-likeness (QED) is 0.559. The Labute approximate surface area is 157 Å². The minimum absolute atomic E-state index is 0.639. The lowest BCUT2D eigenvalue weighted by atomic mass is 10.1. The van der Waals surface area contributed by atoms with Gasteiger partial charge in [0.25, 0.3) is 0 Å². The zero-order valence-electron chi connectivity index (χ0n) is 15.3. The monoisotopic (exact) mass is 359 g/mol. The Balaban J connectivity index is 1.46. The van der Waals surface area contributed by atoms with Crippen molar-refractivity contribution in [1.82, 2.24) is 29.9 Å². The molecule has 7 heteroatoms. The molecule has 0 N–H and O–H groups in total. The van der Waals surface area contributed by atoms with Gasteiger partial charge in [0.2, 0.25) is 0 Å². The van der Waals surface area contributed by atoms with E-state index in [1.54, 1.807) is 0 Å². The van der Waals surface area contributed by atoms with E-state index in [2.05, 4.69) is 50.3 Å². The second-order valence-electron chi connectivity index (χ2n) is 7.08. The van der Waals surface area contributed by atoms with Gasteiger partial charge in [-0.2, -0.15) is 0 Å². The van der Waals surface area contributed by atoms with Crippen LogP contribution in [0.15, 0.2) is 48.7 Å². The van der Waals surface area contributed by atoms with Crippen LogP contribution in [0.4, 0.5) is 5.82 Å². The Kier molecular flexibility index (Phi) is 3.94. The van der Waals surface area contributed by atoms with E-state index in [-0.39, 0.29) is 0 Å². The average molecular weight is 359 g/mol. The smallest absolute Gasteiger partial charge is 0.180 e. The number of hydrogen-bond acceptors (Lipinski definition) is 6. The first-order valence-electron chi connectivity index (χ1n) is 9.24. The second kappa shape index (κ2) is 6.59. The van der Waals surface area contributed by atoms with Crippen LogP contribution in [-0.2, 0) is 6.54 Å². The highest BCUT2D eigenvalue weighted by molar-refractivity contribution is 5.79. The first-order chi connectivity index (χ1) is 13.3. The number of anilines is 1. The van der Waals surface area contributed by atoms with Crippen molar-refractivity contribution < 1.29 is 0 Å². The SMILES string of the molecule is CN1CCN(c2ccc3nnn(Cc4ccc5ncccc5c4)c3n2)CC1. The van der Waals surface area contributed by atoms with Gasteiger partial charge in [-0.05, 0) is 42.9 Å². The summed E-state index contributed by atoms with van der Waals surface area (Å²) in [5.74, 6) is 1.00. The number of piperazine rings is 1. The first-order valence-corrected chi connectivity index (χ1v) is 9.24. The third-order valence-electron chi connectivity index (χ3n) is 5.17. The van der Waals surface area contributed by atoms with Gasteiger partial charge in [0.05, 0.1) is 12.1 Å².